The number of hydrogen-bond acceptors (Lipinski definition) is 18. The molecule has 2 heterocycles. The minimum absolute atomic E-state index is 0.0738. The number of nitrogens with two attached hydrogens (primary N) is 7. The van der Waals surface area contributed by atoms with E-state index in [2.05, 4.69) is 42.2 Å². The van der Waals surface area contributed by atoms with E-state index in [0.29, 0.717) is 55.4 Å². The van der Waals surface area contributed by atoms with Crippen molar-refractivity contribution in [2.45, 2.75) is 190 Å². The first-order chi connectivity index (χ1) is 47.4. The summed E-state index contributed by atoms with van der Waals surface area (Å²) in [5.41, 5.74) is 40.7. The maximum absolute atomic E-state index is 14.8. The summed E-state index contributed by atoms with van der Waals surface area (Å²) in [4.78, 5) is 196. The minimum Gasteiger partial charge on any atom is -0.481 e. The number of aliphatic imine (C=N–C) groups is 1. The zero-order chi connectivity index (χ0) is 74.6. The van der Waals surface area contributed by atoms with Crippen LogP contribution in [0.3, 0.4) is 0 Å². The average Bonchev–Trinajstić information content (AvgIpc) is 1.46. The third kappa shape index (κ3) is 30.8. The van der Waals surface area contributed by atoms with Gasteiger partial charge in [0.15, 0.2) is 5.96 Å². The third-order valence-corrected chi connectivity index (χ3v) is 17.0. The number of thioether (sulfide) groups is 1. The number of hydrogen-bond donors (Lipinski definition) is 15. The van der Waals surface area contributed by atoms with Crippen LogP contribution in [-0.4, -0.2) is 221 Å². The standard InChI is InChI=1S/C64H100N18O13S.C2H4O2/c1-38(2)34-46(57(89)74-42(54(69)86)28-33-96-4)73-53(85)37-80(3)62(94)48(36-40-18-9-6-10-19-40)79-58(90)47(35-39-16-7-5-8-17-39)78-56(88)43(24-26-51(67)83)75-55(87)44(25-27-52(68)84)76-59(91)50-23-15-32-82(50)63(95)45(21-11-12-29-65)77-60(92)49-22-14-31-81(49)61(93)41(66)20-13-30-72-64(70)71;1-2(3)4/h5-10,16-19,38,41-50H,11-15,20-37,65-66H2,1-4H3,(H2,67,83)(H2,68,84)(H2,69,86)(H,73,85)(H,74,89)(H,75,87)(H,76,91)(H,77,92)(H,78,88)(H,79,90)(H4,70,71,72);1H3,(H,3,4). The normalized spacial score (nSPS) is 16.4. The maximum Gasteiger partial charge on any atom is 0.300 e. The second kappa shape index (κ2) is 44.6. The van der Waals surface area contributed by atoms with Crippen LogP contribution in [-0.2, 0) is 80.0 Å². The van der Waals surface area contributed by atoms with Gasteiger partial charge >= 0.3 is 0 Å². The zero-order valence-corrected chi connectivity index (χ0v) is 58.6. The van der Waals surface area contributed by atoms with Crippen molar-refractivity contribution in [3.8, 4) is 0 Å². The zero-order valence-electron chi connectivity index (χ0n) is 57.8. The number of rotatable bonds is 42. The first-order valence-corrected chi connectivity index (χ1v) is 34.9. The number of carbonyl (C=O) groups excluding carboxylic acids is 13. The van der Waals surface area contributed by atoms with E-state index in [4.69, 9.17) is 50.0 Å². The maximum atomic E-state index is 14.8. The van der Waals surface area contributed by atoms with Gasteiger partial charge in [0.25, 0.3) is 5.97 Å². The number of carbonyl (C=O) groups is 14. The number of guanidine groups is 1. The molecule has 2 aromatic carbocycles. The van der Waals surface area contributed by atoms with Gasteiger partial charge in [-0.2, -0.15) is 11.8 Å². The molecule has 22 N–H and O–H groups in total. The number of benzene rings is 2. The molecule has 10 unspecified atom stereocenters. The number of nitrogens with one attached hydrogen (secondary N) is 7. The summed E-state index contributed by atoms with van der Waals surface area (Å²) in [6.07, 6.45) is 3.15. The lowest BCUT2D eigenvalue weighted by molar-refractivity contribution is -0.144. The molecule has 2 aliphatic heterocycles. The number of carboxylic acid groups (broad SMARTS) is 1. The lowest BCUT2D eigenvalue weighted by Crippen LogP contribution is -2.60. The molecule has 33 nitrogen and oxygen atoms in total. The molecule has 0 aromatic heterocycles. The van der Waals surface area contributed by atoms with Crippen LogP contribution in [0.5, 0.6) is 0 Å². The van der Waals surface area contributed by atoms with Gasteiger partial charge in [0.05, 0.1) is 12.6 Å². The Kier molecular flexibility index (Phi) is 37.8. The first kappa shape index (κ1) is 84.8. The van der Waals surface area contributed by atoms with Crippen LogP contribution in [0.15, 0.2) is 65.7 Å². The number of likely N-dealkylation sites (tertiary alicyclic amines) is 2. The molecule has 0 aliphatic carbocycles. The van der Waals surface area contributed by atoms with Crippen LogP contribution in [0.4, 0.5) is 0 Å². The average molecular weight is 1420 g/mol. The van der Waals surface area contributed by atoms with Gasteiger partial charge < -0.3 is 97.2 Å². The second-order valence-corrected chi connectivity index (χ2v) is 26.1. The number of primary amides is 3. The molecule has 0 bridgehead atoms. The molecule has 2 aliphatic rings. The smallest absolute Gasteiger partial charge is 0.300 e. The molecule has 0 radical (unpaired) electrons. The number of carboxylic acids is 1. The summed E-state index contributed by atoms with van der Waals surface area (Å²) in [7, 11) is 1.33. The summed E-state index contributed by atoms with van der Waals surface area (Å²) in [5.74, 6) is -10.5. The van der Waals surface area contributed by atoms with Gasteiger partial charge in [0.2, 0.25) is 76.8 Å². The van der Waals surface area contributed by atoms with Gasteiger partial charge in [-0.3, -0.25) is 72.1 Å². The highest BCUT2D eigenvalue weighted by Crippen LogP contribution is 2.24. The Balaban J connectivity index is 0.00000632. The molecular formula is C66H104N18O15S. The highest BCUT2D eigenvalue weighted by atomic mass is 32.2. The summed E-state index contributed by atoms with van der Waals surface area (Å²) in [6.45, 7) is 5.03. The van der Waals surface area contributed by atoms with E-state index in [-0.39, 0.29) is 83.0 Å². The van der Waals surface area contributed by atoms with E-state index in [1.54, 1.807) is 60.7 Å². The fourth-order valence-electron chi connectivity index (χ4n) is 11.3. The highest BCUT2D eigenvalue weighted by Gasteiger charge is 2.42. The summed E-state index contributed by atoms with van der Waals surface area (Å²) in [5, 5.41) is 26.1. The minimum atomic E-state index is -1.64. The Morgan fingerprint density at radius 2 is 1.04 bits per heavy atom. The number of likely N-dealkylation sites (N-methyl/N-ethyl adjacent to an activating group) is 1. The van der Waals surface area contributed by atoms with Crippen molar-refractivity contribution in [3.05, 3.63) is 71.8 Å². The Morgan fingerprint density at radius 3 is 1.53 bits per heavy atom. The molecule has 0 spiro atoms. The van der Waals surface area contributed by atoms with Gasteiger partial charge in [0, 0.05) is 59.3 Å². The molecule has 2 saturated heterocycles. The molecule has 2 aromatic rings. The molecule has 4 rings (SSSR count). The monoisotopic (exact) mass is 1420 g/mol. The quantitative estimate of drug-likeness (QED) is 0.0176. The van der Waals surface area contributed by atoms with Gasteiger partial charge in [-0.05, 0) is 119 Å². The summed E-state index contributed by atoms with van der Waals surface area (Å²) < 4.78 is 0. The van der Waals surface area contributed by atoms with Crippen molar-refractivity contribution in [1.82, 2.24) is 51.9 Å². The molecule has 13 amide bonds. The predicted octanol–water partition coefficient (Wildman–Crippen LogP) is -3.28. The molecule has 34 heteroatoms. The molecule has 10 atom stereocenters. The molecule has 2 fully saturated rings. The van der Waals surface area contributed by atoms with Crippen molar-refractivity contribution in [3.63, 3.8) is 0 Å². The summed E-state index contributed by atoms with van der Waals surface area (Å²) >= 11 is 1.46. The van der Waals surface area contributed by atoms with E-state index in [1.807, 2.05) is 20.1 Å². The van der Waals surface area contributed by atoms with Crippen LogP contribution >= 0.6 is 11.8 Å². The first-order valence-electron chi connectivity index (χ1n) is 33.5. The number of amides is 13. The second-order valence-electron chi connectivity index (χ2n) is 25.1. The van der Waals surface area contributed by atoms with Gasteiger partial charge in [-0.1, -0.05) is 74.5 Å². The predicted molar refractivity (Wildman–Crippen MR) is 374 cm³/mol. The Labute approximate surface area is 587 Å². The Bertz CT molecular complexity index is 3110. The van der Waals surface area contributed by atoms with Crippen LogP contribution in [0.25, 0.3) is 0 Å². The Morgan fingerprint density at radius 1 is 0.580 bits per heavy atom. The van der Waals surface area contributed by atoms with Crippen molar-refractivity contribution < 1.29 is 72.2 Å². The third-order valence-electron chi connectivity index (χ3n) is 16.3. The van der Waals surface area contributed by atoms with E-state index in [0.717, 1.165) is 11.8 Å². The molecule has 0 saturated carbocycles. The van der Waals surface area contributed by atoms with Crippen molar-refractivity contribution in [1.29, 1.82) is 0 Å². The molecular weight excluding hydrogens is 1320 g/mol. The van der Waals surface area contributed by atoms with Gasteiger partial charge in [-0.25, -0.2) is 0 Å². The lowest BCUT2D eigenvalue weighted by atomic mass is 10.0. The molecule has 554 valence electrons. The Hall–Kier alpha value is -9.44. The van der Waals surface area contributed by atoms with Crippen molar-refractivity contribution >= 4 is 100 Å². The van der Waals surface area contributed by atoms with Crippen molar-refractivity contribution in [2.75, 3.05) is 51.8 Å². The highest BCUT2D eigenvalue weighted by molar-refractivity contribution is 7.98. The molecule has 100 heavy (non-hydrogen) atoms. The topological polar surface area (TPSA) is 548 Å². The van der Waals surface area contributed by atoms with E-state index < -0.39 is 175 Å². The number of unbranched alkanes of at least 4 members (excludes halogenated alkanes) is 1. The van der Waals surface area contributed by atoms with Crippen LogP contribution in [0.2, 0.25) is 0 Å². The SMILES string of the molecule is CC(=O)O.CSCCC(NC(=O)C(CC(C)C)NC(=O)CN(C)C(=O)C(Cc1ccccc1)NC(=O)C(Cc1ccccc1)NC(=O)C(CCC(N)=O)NC(=O)C(CCC(N)=O)NC(=O)C1CCCN1C(=O)C(CCCCN)NC(=O)C1CCCN1C(=O)C(N)CCCN=C(N)N)C(N)=O. The number of nitrogens with zero attached hydrogens (tertiary/aromatic N) is 4. The number of aliphatic carboxylic acids is 1. The fraction of sp³-hybridized carbons (Fsp3) is 0.591. The largest absolute Gasteiger partial charge is 0.481 e. The van der Waals surface area contributed by atoms with E-state index >= 15 is 0 Å². The van der Waals surface area contributed by atoms with Crippen LogP contribution in [0, 0.1) is 5.92 Å². The van der Waals surface area contributed by atoms with Crippen LogP contribution < -0.4 is 77.4 Å². The van der Waals surface area contributed by atoms with E-state index in [1.165, 1.54) is 28.6 Å². The summed E-state index contributed by atoms with van der Waals surface area (Å²) in [6, 6.07) is 4.61. The van der Waals surface area contributed by atoms with Crippen LogP contribution in [0.1, 0.15) is 128 Å². The van der Waals surface area contributed by atoms with Gasteiger partial charge in [0.1, 0.15) is 54.4 Å². The van der Waals surface area contributed by atoms with Crippen molar-refractivity contribution in [2.24, 2.45) is 51.0 Å². The fourth-order valence-corrected chi connectivity index (χ4v) is 11.8. The lowest BCUT2D eigenvalue weighted by Gasteiger charge is -2.32. The van der Waals surface area contributed by atoms with Gasteiger partial charge in [-0.15, -0.1) is 0 Å². The van der Waals surface area contributed by atoms with E-state index in [9.17, 15) is 62.3 Å².